The molecule has 22 heavy (non-hydrogen) atoms. The average molecular weight is 318 g/mol. The van der Waals surface area contributed by atoms with Crippen LogP contribution in [0.1, 0.15) is 13.8 Å². The average Bonchev–Trinajstić information content (AvgIpc) is 2.48. The van der Waals surface area contributed by atoms with Gasteiger partial charge in [0.05, 0.1) is 18.2 Å². The lowest BCUT2D eigenvalue weighted by molar-refractivity contribution is -0.362. The molecule has 0 aliphatic carbocycles. The van der Waals surface area contributed by atoms with Crippen LogP contribution in [0.4, 0.5) is 0 Å². The molecular weight excluding hydrogens is 300 g/mol. The monoisotopic (exact) mass is 318 g/mol. The lowest BCUT2D eigenvalue weighted by atomic mass is 9.86. The van der Waals surface area contributed by atoms with Crippen LogP contribution >= 0.6 is 0 Å². The topological polar surface area (TPSA) is 208 Å². The molecule has 124 valence electrons. The van der Waals surface area contributed by atoms with Crippen LogP contribution in [0.25, 0.3) is 20.9 Å². The Kier molecular flexibility index (Phi) is 5.94. The van der Waals surface area contributed by atoms with Crippen molar-refractivity contribution >= 4 is 0 Å². The van der Waals surface area contributed by atoms with Crippen LogP contribution in [0.15, 0.2) is 10.2 Å². The zero-order chi connectivity index (χ0) is 17.1. The first-order valence-electron chi connectivity index (χ1n) is 6.41. The first-order valence-corrected chi connectivity index (χ1v) is 6.41. The maximum absolute atomic E-state index is 10.3. The molecule has 0 bridgehead atoms. The van der Waals surface area contributed by atoms with Gasteiger partial charge in [0, 0.05) is 9.82 Å². The van der Waals surface area contributed by atoms with Crippen LogP contribution in [0.2, 0.25) is 0 Å². The third kappa shape index (κ3) is 3.24. The zero-order valence-electron chi connectivity index (χ0n) is 11.9. The predicted molar refractivity (Wildman–Crippen MR) is 71.1 cm³/mol. The Hall–Kier alpha value is -1.62. The fourth-order valence-electron chi connectivity index (χ4n) is 2.18. The fraction of sp³-hybridized carbons (Fsp3) is 1.00. The van der Waals surface area contributed by atoms with Crippen molar-refractivity contribution in [3.63, 3.8) is 0 Å². The molecule has 0 radical (unpaired) electrons. The van der Waals surface area contributed by atoms with Crippen molar-refractivity contribution in [1.29, 1.82) is 0 Å². The van der Waals surface area contributed by atoms with E-state index < -0.39 is 48.4 Å². The molecule has 5 N–H and O–H groups in total. The summed E-state index contributed by atoms with van der Waals surface area (Å²) in [5, 5.41) is 56.4. The second-order valence-electron chi connectivity index (χ2n) is 5.08. The summed E-state index contributed by atoms with van der Waals surface area (Å²) in [4.78, 5) is 4.97. The van der Waals surface area contributed by atoms with Crippen LogP contribution < -0.4 is 0 Å². The number of ether oxygens (including phenoxy) is 1. The lowest BCUT2D eigenvalue weighted by Gasteiger charge is -2.49. The smallest absolute Gasteiger partial charge is 0.203 e. The summed E-state index contributed by atoms with van der Waals surface area (Å²) in [6.07, 6.45) is -8.80. The molecule has 0 amide bonds. The number of rotatable bonds is 5. The molecule has 1 heterocycles. The van der Waals surface area contributed by atoms with Gasteiger partial charge in [-0.2, -0.15) is 0 Å². The largest absolute Gasteiger partial charge is 0.390 e. The van der Waals surface area contributed by atoms with E-state index in [4.69, 9.17) is 15.8 Å². The van der Waals surface area contributed by atoms with Crippen molar-refractivity contribution in [2.24, 2.45) is 10.2 Å². The highest BCUT2D eigenvalue weighted by atomic mass is 16.7. The number of nitrogens with zero attached hydrogens (tertiary/aromatic N) is 6. The van der Waals surface area contributed by atoms with Crippen LogP contribution in [0.5, 0.6) is 0 Å². The molecule has 1 saturated heterocycles. The highest BCUT2D eigenvalue weighted by Gasteiger charge is 2.57. The van der Waals surface area contributed by atoms with Gasteiger partial charge in [0.25, 0.3) is 0 Å². The van der Waals surface area contributed by atoms with E-state index in [2.05, 4.69) is 20.1 Å². The normalized spacial score (nSPS) is 39.0. The van der Waals surface area contributed by atoms with Crippen molar-refractivity contribution in [3.05, 3.63) is 20.9 Å². The zero-order valence-corrected chi connectivity index (χ0v) is 11.9. The fourth-order valence-corrected chi connectivity index (χ4v) is 2.18. The van der Waals surface area contributed by atoms with E-state index in [9.17, 15) is 25.5 Å². The molecule has 12 nitrogen and oxygen atoms in total. The minimum atomic E-state index is -2.54. The molecule has 8 atom stereocenters. The van der Waals surface area contributed by atoms with Crippen LogP contribution in [0, 0.1) is 0 Å². The van der Waals surface area contributed by atoms with Crippen LogP contribution in [-0.2, 0) is 4.74 Å². The van der Waals surface area contributed by atoms with Gasteiger partial charge in [-0.15, -0.1) is 0 Å². The van der Waals surface area contributed by atoms with Crippen molar-refractivity contribution in [3.8, 4) is 0 Å². The van der Waals surface area contributed by atoms with E-state index in [1.165, 1.54) is 13.8 Å². The third-order valence-electron chi connectivity index (χ3n) is 3.65. The van der Waals surface area contributed by atoms with Gasteiger partial charge in [0.1, 0.15) is 24.4 Å². The van der Waals surface area contributed by atoms with Crippen molar-refractivity contribution in [2.75, 3.05) is 0 Å². The molecule has 1 aliphatic heterocycles. The molecule has 0 spiro atoms. The van der Waals surface area contributed by atoms with E-state index in [-0.39, 0.29) is 0 Å². The van der Waals surface area contributed by atoms with Gasteiger partial charge in [0.2, 0.25) is 5.79 Å². The maximum atomic E-state index is 10.3. The van der Waals surface area contributed by atoms with Gasteiger partial charge in [-0.3, -0.25) is 0 Å². The van der Waals surface area contributed by atoms with Crippen LogP contribution in [-0.4, -0.2) is 73.9 Å². The summed E-state index contributed by atoms with van der Waals surface area (Å²) in [5.41, 5.74) is 16.8. The van der Waals surface area contributed by atoms with Gasteiger partial charge in [-0.1, -0.05) is 24.1 Å². The molecule has 3 unspecified atom stereocenters. The SMILES string of the molecule is CC(N=[N+]=[N-])C(O)[C@H]1O[C@@](O)(C(C)N=[N+]=[N-])[C@@H](O)[C@@H](O)[C@@H]1O. The predicted octanol–water partition coefficient (Wildman–Crippen LogP) is -1.09. The standard InChI is InChI=1S/C10H18N6O6/c1-3(13-15-11)5(17)8-6(18)7(19)9(20)10(21,22-8)4(2)14-16-12/h3-9,17-21H,1-2H3/t3?,4?,5?,6-,7-,8+,9-,10-/m0/s1. The van der Waals surface area contributed by atoms with E-state index >= 15 is 0 Å². The second kappa shape index (κ2) is 7.09. The summed E-state index contributed by atoms with van der Waals surface area (Å²) in [5.74, 6) is -2.54. The van der Waals surface area contributed by atoms with Crippen molar-refractivity contribution in [2.45, 2.75) is 62.2 Å². The molecule has 12 heteroatoms. The first kappa shape index (κ1) is 18.4. The Morgan fingerprint density at radius 2 is 1.64 bits per heavy atom. The molecule has 1 aliphatic rings. The van der Waals surface area contributed by atoms with Gasteiger partial charge in [0.15, 0.2) is 0 Å². The molecule has 0 aromatic rings. The summed E-state index contributed by atoms with van der Waals surface area (Å²) in [6, 6.07) is -2.38. The Morgan fingerprint density at radius 3 is 2.14 bits per heavy atom. The summed E-state index contributed by atoms with van der Waals surface area (Å²) in [7, 11) is 0. The lowest BCUT2D eigenvalue weighted by Crippen LogP contribution is -2.70. The molecule has 0 aromatic heterocycles. The number of azide groups is 2. The van der Waals surface area contributed by atoms with Crippen LogP contribution in [0.3, 0.4) is 0 Å². The van der Waals surface area contributed by atoms with Crippen molar-refractivity contribution < 1.29 is 30.3 Å². The number of hydrogen-bond donors (Lipinski definition) is 5. The molecule has 0 aromatic carbocycles. The van der Waals surface area contributed by atoms with Gasteiger partial charge in [-0.25, -0.2) is 0 Å². The summed E-state index contributed by atoms with van der Waals surface area (Å²) in [6.45, 7) is 2.54. The summed E-state index contributed by atoms with van der Waals surface area (Å²) < 4.78 is 5.11. The van der Waals surface area contributed by atoms with Crippen molar-refractivity contribution in [1.82, 2.24) is 0 Å². The summed E-state index contributed by atoms with van der Waals surface area (Å²) >= 11 is 0. The van der Waals surface area contributed by atoms with Gasteiger partial charge in [-0.05, 0) is 11.1 Å². The van der Waals surface area contributed by atoms with E-state index in [0.29, 0.717) is 0 Å². The maximum Gasteiger partial charge on any atom is 0.203 e. The Bertz CT molecular complexity index is 492. The molecule has 0 saturated carbocycles. The molecule has 1 rings (SSSR count). The number of aliphatic hydroxyl groups is 5. The third-order valence-corrected chi connectivity index (χ3v) is 3.65. The molecular formula is C10H18N6O6. The highest BCUT2D eigenvalue weighted by molar-refractivity contribution is 5.03. The minimum absolute atomic E-state index is 1.05. The Morgan fingerprint density at radius 1 is 1.09 bits per heavy atom. The van der Waals surface area contributed by atoms with Gasteiger partial charge >= 0.3 is 0 Å². The highest BCUT2D eigenvalue weighted by Crippen LogP contribution is 2.34. The number of hydrogen-bond acceptors (Lipinski definition) is 8. The van der Waals surface area contributed by atoms with E-state index in [1.807, 2.05) is 0 Å². The van der Waals surface area contributed by atoms with E-state index in [1.54, 1.807) is 0 Å². The first-order chi connectivity index (χ1) is 10.2. The Balaban J connectivity index is 3.14. The minimum Gasteiger partial charge on any atom is -0.390 e. The van der Waals surface area contributed by atoms with Gasteiger partial charge < -0.3 is 30.3 Å². The second-order valence-corrected chi connectivity index (χ2v) is 5.08. The molecule has 1 fully saturated rings. The quantitative estimate of drug-likeness (QED) is 0.241. The number of aliphatic hydroxyl groups excluding tert-OH is 4. The van der Waals surface area contributed by atoms with E-state index in [0.717, 1.165) is 0 Å². The Labute approximate surface area is 124 Å².